The molecule has 0 bridgehead atoms. The van der Waals surface area contributed by atoms with Gasteiger partial charge in [0.2, 0.25) is 5.88 Å². The number of amides is 1. The molecule has 0 unspecified atom stereocenters. The van der Waals surface area contributed by atoms with Crippen LogP contribution < -0.4 is 4.74 Å². The van der Waals surface area contributed by atoms with E-state index in [1.807, 2.05) is 30.3 Å². The average molecular weight is 554 g/mol. The van der Waals surface area contributed by atoms with Gasteiger partial charge in [0.05, 0.1) is 22.4 Å². The van der Waals surface area contributed by atoms with Gasteiger partial charge in [-0.15, -0.1) is 21.5 Å². The van der Waals surface area contributed by atoms with Crippen molar-refractivity contribution in [3.05, 3.63) is 51.6 Å². The number of hydrogen-bond donors (Lipinski definition) is 2. The summed E-state index contributed by atoms with van der Waals surface area (Å²) in [5.74, 6) is 1.10. The van der Waals surface area contributed by atoms with Crippen LogP contribution in [0.1, 0.15) is 30.0 Å². The third kappa shape index (κ3) is 6.01. The van der Waals surface area contributed by atoms with Crippen LogP contribution in [-0.4, -0.2) is 70.6 Å². The van der Waals surface area contributed by atoms with Crippen molar-refractivity contribution in [2.75, 3.05) is 19.8 Å². The summed E-state index contributed by atoms with van der Waals surface area (Å²) in [6, 6.07) is 7.94. The predicted octanol–water partition coefficient (Wildman–Crippen LogP) is 3.86. The highest BCUT2D eigenvalue weighted by atomic mass is 32.2. The molecule has 0 aliphatic carbocycles. The minimum absolute atomic E-state index is 0.0448. The molecule has 1 amide bonds. The lowest BCUT2D eigenvalue weighted by Gasteiger charge is -2.13. The molecule has 10 nitrogen and oxygen atoms in total. The molecular formula is C24H23N7O3S3. The van der Waals surface area contributed by atoms with E-state index in [1.165, 1.54) is 18.1 Å². The van der Waals surface area contributed by atoms with Crippen molar-refractivity contribution in [3.63, 3.8) is 0 Å². The van der Waals surface area contributed by atoms with E-state index in [0.29, 0.717) is 27.5 Å². The Kier molecular flexibility index (Phi) is 8.14. The van der Waals surface area contributed by atoms with E-state index in [-0.39, 0.29) is 19.1 Å². The summed E-state index contributed by atoms with van der Waals surface area (Å²) in [6.45, 7) is 0.675. The molecule has 1 fully saturated rings. The molecule has 4 aromatic rings. The summed E-state index contributed by atoms with van der Waals surface area (Å²) in [6.07, 6.45) is 6.85. The molecule has 1 saturated heterocycles. The maximum atomic E-state index is 13.0. The first-order valence-electron chi connectivity index (χ1n) is 11.7. The first-order valence-corrected chi connectivity index (χ1v) is 13.8. The zero-order valence-corrected chi connectivity index (χ0v) is 22.1. The molecule has 1 aliphatic rings. The zero-order valence-electron chi connectivity index (χ0n) is 19.7. The normalized spacial score (nSPS) is 14.8. The van der Waals surface area contributed by atoms with Crippen molar-refractivity contribution in [1.82, 2.24) is 35.5 Å². The van der Waals surface area contributed by atoms with Gasteiger partial charge in [-0.05, 0) is 53.6 Å². The Morgan fingerprint density at radius 2 is 2.08 bits per heavy atom. The number of carbonyl (C=O) groups excluding carboxylic acids is 1. The topological polar surface area (TPSA) is 130 Å². The molecule has 1 aromatic carbocycles. The van der Waals surface area contributed by atoms with E-state index in [9.17, 15) is 4.79 Å². The number of tetrazole rings is 1. The molecule has 0 spiro atoms. The Hall–Kier alpha value is -3.26. The lowest BCUT2D eigenvalue weighted by Crippen LogP contribution is -2.29. The Morgan fingerprint density at radius 1 is 1.16 bits per heavy atom. The monoisotopic (exact) mass is 553 g/mol. The standard InChI is InChI=1S/C24H23N7O3S3/c32-8-9-34-22-18-11-15(5-6-19(18)25-14-26-22)16-10-17(36-13-16)12-20-23(33)31(24(35)37-20)7-3-1-2-4-21-27-29-30-28-21/h5-6,10-14,32H,1-4,7-9H2,(H,27,28,29,30). The number of aromatic amines is 1. The number of ether oxygens (including phenoxy) is 1. The first kappa shape index (κ1) is 25.4. The predicted molar refractivity (Wildman–Crippen MR) is 147 cm³/mol. The van der Waals surface area contributed by atoms with Gasteiger partial charge in [0.1, 0.15) is 17.3 Å². The van der Waals surface area contributed by atoms with Gasteiger partial charge >= 0.3 is 0 Å². The number of aryl methyl sites for hydroxylation is 1. The molecule has 0 radical (unpaired) electrons. The number of thiocarbonyl (C=S) groups is 1. The highest BCUT2D eigenvalue weighted by molar-refractivity contribution is 8.26. The molecule has 13 heteroatoms. The maximum Gasteiger partial charge on any atom is 0.266 e. The van der Waals surface area contributed by atoms with Crippen LogP contribution in [0.5, 0.6) is 5.88 Å². The number of fused-ring (bicyclic) bond motifs is 1. The SMILES string of the molecule is O=C1C(=Cc2cc(-c3ccc4ncnc(OCCO)c4c3)cs2)SC(=S)N1CCCCCc1nn[nH]n1. The number of hydrogen-bond acceptors (Lipinski definition) is 11. The number of aliphatic hydroxyl groups is 1. The third-order valence-electron chi connectivity index (χ3n) is 5.70. The molecule has 37 heavy (non-hydrogen) atoms. The number of thiophene rings is 1. The quantitative estimate of drug-likeness (QED) is 0.160. The number of aromatic nitrogens is 6. The number of aliphatic hydroxyl groups excluding tert-OH is 1. The van der Waals surface area contributed by atoms with E-state index in [1.54, 1.807) is 16.2 Å². The van der Waals surface area contributed by atoms with E-state index >= 15 is 0 Å². The van der Waals surface area contributed by atoms with E-state index in [2.05, 4.69) is 36.0 Å². The molecule has 4 heterocycles. The lowest BCUT2D eigenvalue weighted by molar-refractivity contribution is -0.122. The molecule has 0 atom stereocenters. The maximum absolute atomic E-state index is 13.0. The van der Waals surface area contributed by atoms with Gasteiger partial charge in [-0.3, -0.25) is 9.69 Å². The Balaban J connectivity index is 1.23. The summed E-state index contributed by atoms with van der Waals surface area (Å²) in [5, 5.41) is 25.8. The number of nitrogens with zero attached hydrogens (tertiary/aromatic N) is 6. The van der Waals surface area contributed by atoms with Crippen molar-refractivity contribution >= 4 is 62.5 Å². The van der Waals surface area contributed by atoms with Crippen molar-refractivity contribution in [1.29, 1.82) is 0 Å². The van der Waals surface area contributed by atoms with Gasteiger partial charge in [-0.25, -0.2) is 9.97 Å². The Labute approximate surface area is 226 Å². The number of nitrogens with one attached hydrogen (secondary N) is 1. The summed E-state index contributed by atoms with van der Waals surface area (Å²) in [7, 11) is 0. The van der Waals surface area contributed by atoms with Gasteiger partial charge in [0.15, 0.2) is 5.82 Å². The average Bonchev–Trinajstić information content (AvgIpc) is 3.65. The van der Waals surface area contributed by atoms with Crippen molar-refractivity contribution in [3.8, 4) is 17.0 Å². The second-order valence-corrected chi connectivity index (χ2v) is 10.8. The van der Waals surface area contributed by atoms with Crippen molar-refractivity contribution in [2.45, 2.75) is 25.7 Å². The van der Waals surface area contributed by atoms with Gasteiger partial charge in [0.25, 0.3) is 5.91 Å². The van der Waals surface area contributed by atoms with Crippen LogP contribution in [0.15, 0.2) is 40.9 Å². The molecule has 5 rings (SSSR count). The number of thioether (sulfide) groups is 1. The number of rotatable bonds is 11. The number of unbranched alkanes of at least 4 members (excludes halogenated alkanes) is 2. The lowest BCUT2D eigenvalue weighted by atomic mass is 10.1. The molecule has 190 valence electrons. The van der Waals surface area contributed by atoms with E-state index in [4.69, 9.17) is 22.1 Å². The minimum atomic E-state index is -0.0904. The summed E-state index contributed by atoms with van der Waals surface area (Å²) < 4.78 is 6.16. The van der Waals surface area contributed by atoms with Gasteiger partial charge in [0, 0.05) is 17.8 Å². The van der Waals surface area contributed by atoms with Crippen LogP contribution in [0.25, 0.3) is 28.1 Å². The largest absolute Gasteiger partial charge is 0.475 e. The molecule has 3 aromatic heterocycles. The second kappa shape index (κ2) is 11.9. The fourth-order valence-electron chi connectivity index (χ4n) is 3.89. The fourth-order valence-corrected chi connectivity index (χ4v) is 6.11. The van der Waals surface area contributed by atoms with Crippen LogP contribution >= 0.6 is 35.3 Å². The van der Waals surface area contributed by atoms with Crippen LogP contribution in [0.2, 0.25) is 0 Å². The van der Waals surface area contributed by atoms with E-state index < -0.39 is 0 Å². The van der Waals surface area contributed by atoms with Gasteiger partial charge < -0.3 is 9.84 Å². The van der Waals surface area contributed by atoms with Crippen LogP contribution in [0, 0.1) is 0 Å². The molecule has 2 N–H and O–H groups in total. The Bertz CT molecular complexity index is 1440. The zero-order chi connectivity index (χ0) is 25.6. The van der Waals surface area contributed by atoms with Crippen molar-refractivity contribution < 1.29 is 14.6 Å². The number of carbonyl (C=O) groups is 1. The van der Waals surface area contributed by atoms with Crippen LogP contribution in [0.4, 0.5) is 0 Å². The third-order valence-corrected chi connectivity index (χ3v) is 7.96. The highest BCUT2D eigenvalue weighted by Crippen LogP contribution is 2.36. The van der Waals surface area contributed by atoms with Crippen LogP contribution in [-0.2, 0) is 11.2 Å². The second-order valence-electron chi connectivity index (χ2n) is 8.19. The molecule has 0 saturated carbocycles. The minimum Gasteiger partial charge on any atom is -0.475 e. The molecular weight excluding hydrogens is 531 g/mol. The van der Waals surface area contributed by atoms with E-state index in [0.717, 1.165) is 52.6 Å². The van der Waals surface area contributed by atoms with Crippen molar-refractivity contribution in [2.24, 2.45) is 0 Å². The van der Waals surface area contributed by atoms with Gasteiger partial charge in [-0.1, -0.05) is 41.7 Å². The summed E-state index contributed by atoms with van der Waals surface area (Å²) in [5.41, 5.74) is 2.77. The first-order chi connectivity index (χ1) is 18.1. The summed E-state index contributed by atoms with van der Waals surface area (Å²) in [4.78, 5) is 24.8. The number of benzene rings is 1. The summed E-state index contributed by atoms with van der Waals surface area (Å²) >= 11 is 8.39. The number of H-pyrrole nitrogens is 1. The fraction of sp³-hybridized carbons (Fsp3) is 0.292. The highest BCUT2D eigenvalue weighted by Gasteiger charge is 2.31. The van der Waals surface area contributed by atoms with Crippen LogP contribution in [0.3, 0.4) is 0 Å². The van der Waals surface area contributed by atoms with Gasteiger partial charge in [-0.2, -0.15) is 5.21 Å². The smallest absolute Gasteiger partial charge is 0.266 e. The Morgan fingerprint density at radius 3 is 2.92 bits per heavy atom. The molecule has 1 aliphatic heterocycles.